The molecule has 0 fully saturated rings. The van der Waals surface area contributed by atoms with Gasteiger partial charge in [-0.25, -0.2) is 9.78 Å². The molecule has 0 radical (unpaired) electrons. The first-order valence-corrected chi connectivity index (χ1v) is 7.79. The molecule has 3 N–H and O–H groups in total. The van der Waals surface area contributed by atoms with Gasteiger partial charge in [-0.05, 0) is 32.3 Å². The molecule has 0 saturated carbocycles. The number of hydrogen-bond acceptors (Lipinski definition) is 5. The molecule has 0 bridgehead atoms. The van der Waals surface area contributed by atoms with Gasteiger partial charge in [-0.3, -0.25) is 9.78 Å². The fraction of sp³-hybridized carbons (Fsp3) is 0.235. The van der Waals surface area contributed by atoms with Crippen LogP contribution in [0.4, 0.5) is 5.69 Å². The Labute approximate surface area is 143 Å². The lowest BCUT2D eigenvalue weighted by atomic mass is 10.2. The van der Waals surface area contributed by atoms with Crippen molar-refractivity contribution < 1.29 is 9.53 Å². The Morgan fingerprint density at radius 1 is 1.28 bits per heavy atom. The Bertz CT molecular complexity index is 945. The highest BCUT2D eigenvalue weighted by molar-refractivity contribution is 6.10. The second kappa shape index (κ2) is 7.18. The fourth-order valence-electron chi connectivity index (χ4n) is 2.33. The Morgan fingerprint density at radius 3 is 2.92 bits per heavy atom. The number of benzene rings is 1. The Kier molecular flexibility index (Phi) is 4.80. The van der Waals surface area contributed by atoms with E-state index < -0.39 is 5.69 Å². The number of H-pyrrole nitrogens is 2. The molecule has 2 heterocycles. The van der Waals surface area contributed by atoms with E-state index >= 15 is 0 Å². The van der Waals surface area contributed by atoms with Crippen molar-refractivity contribution in [2.75, 3.05) is 32.6 Å². The Balaban J connectivity index is 1.75. The maximum Gasteiger partial charge on any atom is 0.325 e. The molecule has 1 aromatic carbocycles. The van der Waals surface area contributed by atoms with E-state index in [2.05, 4.69) is 20.3 Å². The number of likely N-dealkylation sites (N-methyl/N-ethyl adjacent to an activating group) is 1. The van der Waals surface area contributed by atoms with Crippen LogP contribution in [-0.4, -0.2) is 53.0 Å². The average Bonchev–Trinajstić information content (AvgIpc) is 2.94. The molecule has 0 saturated heterocycles. The van der Waals surface area contributed by atoms with Gasteiger partial charge in [-0.1, -0.05) is 6.07 Å². The number of fused-ring (bicyclic) bond motifs is 1. The summed E-state index contributed by atoms with van der Waals surface area (Å²) in [4.78, 5) is 35.1. The highest BCUT2D eigenvalue weighted by atomic mass is 16.5. The molecule has 2 aromatic heterocycles. The maximum atomic E-state index is 12.5. The molecule has 0 aliphatic rings. The summed E-state index contributed by atoms with van der Waals surface area (Å²) in [7, 11) is 3.95. The van der Waals surface area contributed by atoms with E-state index in [1.54, 1.807) is 24.3 Å². The minimum Gasteiger partial charge on any atom is -0.492 e. The normalized spacial score (nSPS) is 11.0. The van der Waals surface area contributed by atoms with Gasteiger partial charge in [0.1, 0.15) is 12.4 Å². The summed E-state index contributed by atoms with van der Waals surface area (Å²) >= 11 is 0. The number of carbonyl (C=O) groups is 1. The van der Waals surface area contributed by atoms with Crippen molar-refractivity contribution in [3.63, 3.8) is 0 Å². The molecule has 8 nitrogen and oxygen atoms in total. The molecule has 8 heteroatoms. The summed E-state index contributed by atoms with van der Waals surface area (Å²) < 4.78 is 5.66. The second-order valence-corrected chi connectivity index (χ2v) is 5.79. The van der Waals surface area contributed by atoms with Crippen LogP contribution in [0.25, 0.3) is 11.2 Å². The quantitative estimate of drug-likeness (QED) is 0.629. The first-order valence-electron chi connectivity index (χ1n) is 7.79. The molecule has 3 aromatic rings. The number of pyridine rings is 1. The number of ether oxygens (including phenoxy) is 1. The minimum atomic E-state index is -0.404. The second-order valence-electron chi connectivity index (χ2n) is 5.79. The van der Waals surface area contributed by atoms with Crippen LogP contribution in [0.3, 0.4) is 0 Å². The third-order valence-corrected chi connectivity index (χ3v) is 3.57. The van der Waals surface area contributed by atoms with Crippen molar-refractivity contribution in [3.8, 4) is 5.75 Å². The van der Waals surface area contributed by atoms with Crippen LogP contribution in [0.5, 0.6) is 5.75 Å². The summed E-state index contributed by atoms with van der Waals surface area (Å²) in [6, 6.07) is 8.72. The van der Waals surface area contributed by atoms with Crippen molar-refractivity contribution in [1.82, 2.24) is 19.9 Å². The number of amides is 1. The smallest absolute Gasteiger partial charge is 0.325 e. The molecule has 0 aliphatic carbocycles. The van der Waals surface area contributed by atoms with Crippen LogP contribution >= 0.6 is 0 Å². The molecule has 0 unspecified atom stereocenters. The van der Waals surface area contributed by atoms with Gasteiger partial charge < -0.3 is 19.9 Å². The van der Waals surface area contributed by atoms with Crippen LogP contribution in [0.2, 0.25) is 0 Å². The van der Waals surface area contributed by atoms with E-state index in [9.17, 15) is 9.59 Å². The first kappa shape index (κ1) is 16.7. The number of carbonyl (C=O) groups excluding carboxylic acids is 1. The third-order valence-electron chi connectivity index (χ3n) is 3.57. The number of aromatic amines is 2. The van der Waals surface area contributed by atoms with Gasteiger partial charge in [0.2, 0.25) is 0 Å². The van der Waals surface area contributed by atoms with Gasteiger partial charge in [-0.2, -0.15) is 0 Å². The van der Waals surface area contributed by atoms with E-state index in [0.29, 0.717) is 34.8 Å². The molecule has 130 valence electrons. The van der Waals surface area contributed by atoms with Crippen molar-refractivity contribution >= 4 is 22.8 Å². The Hall–Kier alpha value is -3.13. The van der Waals surface area contributed by atoms with Gasteiger partial charge in [0.25, 0.3) is 5.91 Å². The van der Waals surface area contributed by atoms with Gasteiger partial charge in [-0.15, -0.1) is 0 Å². The predicted molar refractivity (Wildman–Crippen MR) is 95.2 cm³/mol. The average molecular weight is 341 g/mol. The SMILES string of the molecule is CN(C)CCOc1cccc(NC(=O)c2ccnc3[nH]c(=O)[nH]c23)c1. The molecule has 1 amide bonds. The molecular weight excluding hydrogens is 322 g/mol. The lowest BCUT2D eigenvalue weighted by molar-refractivity contribution is 0.102. The van der Waals surface area contributed by atoms with Gasteiger partial charge >= 0.3 is 5.69 Å². The molecule has 25 heavy (non-hydrogen) atoms. The number of anilines is 1. The summed E-state index contributed by atoms with van der Waals surface area (Å²) in [5, 5.41) is 2.81. The summed E-state index contributed by atoms with van der Waals surface area (Å²) in [5.74, 6) is 0.336. The first-order chi connectivity index (χ1) is 12.0. The third kappa shape index (κ3) is 4.04. The molecule has 0 spiro atoms. The van der Waals surface area contributed by atoms with Crippen LogP contribution in [0.1, 0.15) is 10.4 Å². The number of rotatable bonds is 6. The Morgan fingerprint density at radius 2 is 2.12 bits per heavy atom. The number of hydrogen-bond donors (Lipinski definition) is 3. The zero-order valence-corrected chi connectivity index (χ0v) is 14.0. The monoisotopic (exact) mass is 341 g/mol. The standard InChI is InChI=1S/C17H19N5O3/c1-22(2)8-9-25-12-5-3-4-11(10-12)19-16(23)13-6-7-18-15-14(13)20-17(24)21-15/h3-7,10H,8-9H2,1-2H3,(H,19,23)(H2,18,20,21,24). The van der Waals surface area contributed by atoms with Crippen LogP contribution in [0.15, 0.2) is 41.3 Å². The summed E-state index contributed by atoms with van der Waals surface area (Å²) in [5.41, 5.74) is 1.26. The van der Waals surface area contributed by atoms with Crippen LogP contribution in [0, 0.1) is 0 Å². The highest BCUT2D eigenvalue weighted by Crippen LogP contribution is 2.19. The van der Waals surface area contributed by atoms with E-state index in [1.165, 1.54) is 6.20 Å². The molecule has 0 atom stereocenters. The topological polar surface area (TPSA) is 103 Å². The maximum absolute atomic E-state index is 12.5. The van der Waals surface area contributed by atoms with Crippen molar-refractivity contribution in [2.24, 2.45) is 0 Å². The van der Waals surface area contributed by atoms with E-state index in [-0.39, 0.29) is 5.91 Å². The zero-order valence-electron chi connectivity index (χ0n) is 14.0. The largest absolute Gasteiger partial charge is 0.492 e. The van der Waals surface area contributed by atoms with Gasteiger partial charge in [0, 0.05) is 24.5 Å². The van der Waals surface area contributed by atoms with E-state index in [1.807, 2.05) is 25.1 Å². The highest BCUT2D eigenvalue weighted by Gasteiger charge is 2.13. The van der Waals surface area contributed by atoms with Crippen molar-refractivity contribution in [2.45, 2.75) is 0 Å². The van der Waals surface area contributed by atoms with Gasteiger partial charge in [0.05, 0.1) is 11.1 Å². The molecule has 3 rings (SSSR count). The fourth-order valence-corrected chi connectivity index (χ4v) is 2.33. The number of imidazole rings is 1. The van der Waals surface area contributed by atoms with Crippen molar-refractivity contribution in [3.05, 3.63) is 52.6 Å². The van der Waals surface area contributed by atoms with E-state index in [0.717, 1.165) is 6.54 Å². The number of nitrogens with zero attached hydrogens (tertiary/aromatic N) is 2. The predicted octanol–water partition coefficient (Wildman–Crippen LogP) is 1.44. The van der Waals surface area contributed by atoms with Crippen molar-refractivity contribution in [1.29, 1.82) is 0 Å². The molecular formula is C17H19N5O3. The van der Waals surface area contributed by atoms with Crippen LogP contribution in [-0.2, 0) is 0 Å². The van der Waals surface area contributed by atoms with Crippen LogP contribution < -0.4 is 15.7 Å². The lowest BCUT2D eigenvalue weighted by Crippen LogP contribution is -2.19. The minimum absolute atomic E-state index is 0.335. The zero-order chi connectivity index (χ0) is 17.8. The molecule has 0 aliphatic heterocycles. The van der Waals surface area contributed by atoms with E-state index in [4.69, 9.17) is 4.74 Å². The summed E-state index contributed by atoms with van der Waals surface area (Å²) in [6.07, 6.45) is 1.47. The lowest BCUT2D eigenvalue weighted by Gasteiger charge is -2.12. The summed E-state index contributed by atoms with van der Waals surface area (Å²) in [6.45, 7) is 1.35. The number of nitrogens with one attached hydrogen (secondary N) is 3. The number of aromatic nitrogens is 3. The van der Waals surface area contributed by atoms with Gasteiger partial charge in [0.15, 0.2) is 5.65 Å².